The third kappa shape index (κ3) is 1.42. The van der Waals surface area contributed by atoms with Crippen LogP contribution < -0.4 is 0 Å². The molecule has 1 aromatic rings. The first-order valence-electron chi connectivity index (χ1n) is 6.21. The lowest BCUT2D eigenvalue weighted by Gasteiger charge is -2.18. The second-order valence-electron chi connectivity index (χ2n) is 5.33. The van der Waals surface area contributed by atoms with Gasteiger partial charge in [-0.2, -0.15) is 0 Å². The van der Waals surface area contributed by atoms with E-state index in [1.165, 1.54) is 23.1 Å². The summed E-state index contributed by atoms with van der Waals surface area (Å²) in [4.78, 5) is 27.4. The van der Waals surface area contributed by atoms with Gasteiger partial charge in [-0.3, -0.25) is 19.4 Å². The molecule has 0 aliphatic carbocycles. The van der Waals surface area contributed by atoms with E-state index in [9.17, 15) is 9.59 Å². The van der Waals surface area contributed by atoms with Crippen molar-refractivity contribution in [1.29, 1.82) is 0 Å². The highest BCUT2D eigenvalue weighted by Gasteiger charge is 2.35. The van der Waals surface area contributed by atoms with Crippen molar-refractivity contribution in [3.63, 3.8) is 0 Å². The molecule has 0 saturated heterocycles. The Morgan fingerprint density at radius 2 is 1.44 bits per heavy atom. The number of nitrogens with zero attached hydrogens (tertiary/aromatic N) is 2. The zero-order valence-corrected chi connectivity index (χ0v) is 10.9. The molecule has 1 aromatic carbocycles. The molecule has 2 aliphatic heterocycles. The van der Waals surface area contributed by atoms with Gasteiger partial charge in [0.05, 0.1) is 11.1 Å². The van der Waals surface area contributed by atoms with Crippen LogP contribution in [0.2, 0.25) is 0 Å². The largest absolute Gasteiger partial charge is 0.292 e. The van der Waals surface area contributed by atoms with Gasteiger partial charge in [0.25, 0.3) is 11.8 Å². The van der Waals surface area contributed by atoms with Gasteiger partial charge in [-0.1, -0.05) is 0 Å². The zero-order valence-electron chi connectivity index (χ0n) is 10.9. The van der Waals surface area contributed by atoms with Gasteiger partial charge >= 0.3 is 0 Å². The first kappa shape index (κ1) is 11.4. The molecule has 2 amide bonds. The highest BCUT2D eigenvalue weighted by Crippen LogP contribution is 2.31. The first-order valence-corrected chi connectivity index (χ1v) is 6.21. The highest BCUT2D eigenvalue weighted by molar-refractivity contribution is 6.21. The van der Waals surface area contributed by atoms with Gasteiger partial charge in [-0.25, -0.2) is 0 Å². The smallest absolute Gasteiger partial charge is 0.261 e. The number of carbonyl (C=O) groups is 2. The molecule has 0 fully saturated rings. The van der Waals surface area contributed by atoms with Gasteiger partial charge in [-0.15, -0.1) is 0 Å². The van der Waals surface area contributed by atoms with E-state index in [4.69, 9.17) is 0 Å². The van der Waals surface area contributed by atoms with Gasteiger partial charge in [0.1, 0.15) is 0 Å². The van der Waals surface area contributed by atoms with Gasteiger partial charge in [0, 0.05) is 26.2 Å². The lowest BCUT2D eigenvalue weighted by molar-refractivity contribution is 0.0693. The maximum atomic E-state index is 11.9. The molecular weight excluding hydrogens is 228 g/mol. The monoisotopic (exact) mass is 244 g/mol. The van der Waals surface area contributed by atoms with E-state index >= 15 is 0 Å². The van der Waals surface area contributed by atoms with E-state index < -0.39 is 0 Å². The van der Waals surface area contributed by atoms with E-state index in [0.29, 0.717) is 17.2 Å². The highest BCUT2D eigenvalue weighted by atomic mass is 16.2. The summed E-state index contributed by atoms with van der Waals surface area (Å²) in [6.45, 7) is 6.05. The quantitative estimate of drug-likeness (QED) is 0.705. The number of hydrogen-bond acceptors (Lipinski definition) is 3. The molecule has 0 bridgehead atoms. The van der Waals surface area contributed by atoms with E-state index in [-0.39, 0.29) is 11.8 Å². The Morgan fingerprint density at radius 3 is 1.83 bits per heavy atom. The van der Waals surface area contributed by atoms with Crippen molar-refractivity contribution in [2.24, 2.45) is 0 Å². The summed E-state index contributed by atoms with van der Waals surface area (Å²) in [7, 11) is 1.54. The molecule has 4 heteroatoms. The number of benzene rings is 1. The minimum Gasteiger partial charge on any atom is -0.292 e. The van der Waals surface area contributed by atoms with Crippen molar-refractivity contribution in [2.45, 2.75) is 33.0 Å². The number of amides is 2. The van der Waals surface area contributed by atoms with E-state index in [0.717, 1.165) is 13.1 Å². The normalized spacial score (nSPS) is 18.8. The minimum atomic E-state index is -0.180. The van der Waals surface area contributed by atoms with E-state index in [2.05, 4.69) is 18.7 Å². The van der Waals surface area contributed by atoms with Crippen LogP contribution in [-0.4, -0.2) is 34.7 Å². The molecule has 94 valence electrons. The van der Waals surface area contributed by atoms with Crippen LogP contribution in [0.25, 0.3) is 0 Å². The molecule has 0 atom stereocenters. The van der Waals surface area contributed by atoms with E-state index in [1.54, 1.807) is 0 Å². The molecule has 2 heterocycles. The molecule has 0 aromatic heterocycles. The van der Waals surface area contributed by atoms with Crippen LogP contribution in [-0.2, 0) is 13.1 Å². The van der Waals surface area contributed by atoms with Crippen molar-refractivity contribution >= 4 is 11.8 Å². The summed E-state index contributed by atoms with van der Waals surface area (Å²) in [5, 5.41) is 0. The fourth-order valence-corrected chi connectivity index (χ4v) is 2.65. The van der Waals surface area contributed by atoms with Gasteiger partial charge in [0.2, 0.25) is 0 Å². The fourth-order valence-electron chi connectivity index (χ4n) is 2.65. The van der Waals surface area contributed by atoms with Crippen molar-refractivity contribution in [2.75, 3.05) is 7.05 Å². The van der Waals surface area contributed by atoms with Crippen molar-refractivity contribution in [1.82, 2.24) is 9.80 Å². The number of hydrogen-bond donors (Lipinski definition) is 0. The first-order chi connectivity index (χ1) is 8.49. The van der Waals surface area contributed by atoms with Crippen LogP contribution in [0.4, 0.5) is 0 Å². The third-order valence-electron chi connectivity index (χ3n) is 3.89. The predicted octanol–water partition coefficient (Wildman–Crippen LogP) is 1.64. The Kier molecular flexibility index (Phi) is 2.32. The molecule has 0 saturated carbocycles. The molecule has 0 unspecified atom stereocenters. The molecule has 2 aliphatic rings. The van der Waals surface area contributed by atoms with Crippen LogP contribution in [0.15, 0.2) is 12.1 Å². The minimum absolute atomic E-state index is 0.180. The lowest BCUT2D eigenvalue weighted by atomic mass is 10.0. The summed E-state index contributed by atoms with van der Waals surface area (Å²) in [6, 6.07) is 4.27. The van der Waals surface area contributed by atoms with Crippen LogP contribution >= 0.6 is 0 Å². The Balaban J connectivity index is 2.05. The van der Waals surface area contributed by atoms with Crippen molar-refractivity contribution < 1.29 is 9.59 Å². The van der Waals surface area contributed by atoms with E-state index in [1.807, 2.05) is 12.1 Å². The summed E-state index contributed by atoms with van der Waals surface area (Å²) in [5.41, 5.74) is 3.48. The number of carbonyl (C=O) groups excluding carboxylic acids is 2. The van der Waals surface area contributed by atoms with Crippen molar-refractivity contribution in [3.05, 3.63) is 34.4 Å². The second-order valence-corrected chi connectivity index (χ2v) is 5.33. The number of imide groups is 1. The fraction of sp³-hybridized carbons (Fsp3) is 0.429. The second kappa shape index (κ2) is 3.65. The van der Waals surface area contributed by atoms with Gasteiger partial charge in [-0.05, 0) is 37.1 Å². The summed E-state index contributed by atoms with van der Waals surface area (Å²) < 4.78 is 0. The molecule has 0 spiro atoms. The molecule has 4 nitrogen and oxygen atoms in total. The standard InChI is InChI=1S/C14H16N2O2/c1-8(2)16-6-9-4-11-12(5-10(9)7-16)14(18)15(3)13(11)17/h4-5,8H,6-7H2,1-3H3. The van der Waals surface area contributed by atoms with Gasteiger partial charge < -0.3 is 0 Å². The Hall–Kier alpha value is -1.68. The van der Waals surface area contributed by atoms with Crippen LogP contribution in [0, 0.1) is 0 Å². The summed E-state index contributed by atoms with van der Waals surface area (Å²) in [5.74, 6) is -0.360. The zero-order chi connectivity index (χ0) is 13.0. The summed E-state index contributed by atoms with van der Waals surface area (Å²) >= 11 is 0. The SMILES string of the molecule is CC(C)N1Cc2cc3c(cc2C1)C(=O)N(C)C3=O. The summed E-state index contributed by atoms with van der Waals surface area (Å²) in [6.07, 6.45) is 0. The molecular formula is C14H16N2O2. The maximum Gasteiger partial charge on any atom is 0.261 e. The lowest BCUT2D eigenvalue weighted by Crippen LogP contribution is -2.25. The topological polar surface area (TPSA) is 40.6 Å². The predicted molar refractivity (Wildman–Crippen MR) is 67.2 cm³/mol. The van der Waals surface area contributed by atoms with Gasteiger partial charge in [0.15, 0.2) is 0 Å². The average molecular weight is 244 g/mol. The third-order valence-corrected chi connectivity index (χ3v) is 3.89. The number of fused-ring (bicyclic) bond motifs is 2. The maximum absolute atomic E-state index is 11.9. The molecule has 0 N–H and O–H groups in total. The Morgan fingerprint density at radius 1 is 1.00 bits per heavy atom. The molecule has 18 heavy (non-hydrogen) atoms. The van der Waals surface area contributed by atoms with Crippen LogP contribution in [0.3, 0.4) is 0 Å². The number of rotatable bonds is 1. The van der Waals surface area contributed by atoms with Crippen molar-refractivity contribution in [3.8, 4) is 0 Å². The van der Waals surface area contributed by atoms with Crippen LogP contribution in [0.1, 0.15) is 45.7 Å². The Bertz CT molecular complexity index is 518. The van der Waals surface area contributed by atoms with Crippen LogP contribution in [0.5, 0.6) is 0 Å². The average Bonchev–Trinajstić information content (AvgIpc) is 2.84. The Labute approximate surface area is 106 Å². The molecule has 0 radical (unpaired) electrons. The molecule has 3 rings (SSSR count).